The van der Waals surface area contributed by atoms with E-state index in [4.69, 9.17) is 14.7 Å². The predicted octanol–water partition coefficient (Wildman–Crippen LogP) is 3.43. The highest BCUT2D eigenvalue weighted by atomic mass is 16.5. The van der Waals surface area contributed by atoms with Crippen LogP contribution in [0.2, 0.25) is 0 Å². The molecule has 1 N–H and O–H groups in total. The van der Waals surface area contributed by atoms with Gasteiger partial charge < -0.3 is 14.8 Å². The summed E-state index contributed by atoms with van der Waals surface area (Å²) in [5.41, 5.74) is 0.874. The summed E-state index contributed by atoms with van der Waals surface area (Å²) in [6.45, 7) is 0.619. The lowest BCUT2D eigenvalue weighted by atomic mass is 9.79. The predicted molar refractivity (Wildman–Crippen MR) is 102 cm³/mol. The standard InChI is InChI=1S/C21H23N3O3/c1-26-18-8-6-17(7-9-18)21(10-2-3-11-21)20(25)27-14-13-24-19-16(15-22)5-4-12-23-19/h4-9,12H,2-3,10-11,13-14H2,1H3,(H,23,24). The lowest BCUT2D eigenvalue weighted by Crippen LogP contribution is -2.35. The van der Waals surface area contributed by atoms with Gasteiger partial charge >= 0.3 is 5.97 Å². The molecule has 1 fully saturated rings. The summed E-state index contributed by atoms with van der Waals surface area (Å²) in [6.07, 6.45) is 5.24. The molecule has 0 aliphatic heterocycles. The fourth-order valence-electron chi connectivity index (χ4n) is 3.59. The molecule has 0 atom stereocenters. The second-order valence-electron chi connectivity index (χ2n) is 6.59. The molecule has 0 bridgehead atoms. The van der Waals surface area contributed by atoms with E-state index in [1.54, 1.807) is 25.4 Å². The summed E-state index contributed by atoms with van der Waals surface area (Å²) in [7, 11) is 1.63. The number of esters is 1. The first-order chi connectivity index (χ1) is 13.2. The van der Waals surface area contributed by atoms with Crippen molar-refractivity contribution in [1.82, 2.24) is 4.98 Å². The van der Waals surface area contributed by atoms with Crippen LogP contribution in [-0.4, -0.2) is 31.2 Å². The van der Waals surface area contributed by atoms with Gasteiger partial charge in [0, 0.05) is 6.20 Å². The molecule has 27 heavy (non-hydrogen) atoms. The zero-order valence-electron chi connectivity index (χ0n) is 15.4. The molecule has 0 amide bonds. The molecule has 6 heteroatoms. The molecular weight excluding hydrogens is 342 g/mol. The highest BCUT2D eigenvalue weighted by Crippen LogP contribution is 2.42. The Labute approximate surface area is 159 Å². The number of methoxy groups -OCH3 is 1. The van der Waals surface area contributed by atoms with E-state index in [9.17, 15) is 4.79 Å². The highest BCUT2D eigenvalue weighted by Gasteiger charge is 2.44. The van der Waals surface area contributed by atoms with E-state index >= 15 is 0 Å². The number of carbonyl (C=O) groups excluding carboxylic acids is 1. The Kier molecular flexibility index (Phi) is 5.92. The molecule has 0 unspecified atom stereocenters. The molecule has 6 nitrogen and oxygen atoms in total. The third-order valence-electron chi connectivity index (χ3n) is 5.05. The van der Waals surface area contributed by atoms with E-state index in [2.05, 4.69) is 16.4 Å². The Morgan fingerprint density at radius 3 is 2.67 bits per heavy atom. The van der Waals surface area contributed by atoms with Crippen molar-refractivity contribution in [3.63, 3.8) is 0 Å². The van der Waals surface area contributed by atoms with Gasteiger partial charge in [0.15, 0.2) is 0 Å². The van der Waals surface area contributed by atoms with E-state index in [1.807, 2.05) is 24.3 Å². The fraction of sp³-hybridized carbons (Fsp3) is 0.381. The van der Waals surface area contributed by atoms with E-state index in [0.29, 0.717) is 17.9 Å². The van der Waals surface area contributed by atoms with Crippen molar-refractivity contribution in [2.24, 2.45) is 0 Å². The lowest BCUT2D eigenvalue weighted by molar-refractivity contribution is -0.150. The third kappa shape index (κ3) is 4.03. The number of hydrogen-bond donors (Lipinski definition) is 1. The number of rotatable bonds is 7. The molecular formula is C21H23N3O3. The van der Waals surface area contributed by atoms with Crippen molar-refractivity contribution in [3.8, 4) is 11.8 Å². The topological polar surface area (TPSA) is 84.2 Å². The number of hydrogen-bond acceptors (Lipinski definition) is 6. The average molecular weight is 365 g/mol. The van der Waals surface area contributed by atoms with E-state index in [-0.39, 0.29) is 12.6 Å². The zero-order valence-corrected chi connectivity index (χ0v) is 15.4. The van der Waals surface area contributed by atoms with Crippen LogP contribution in [0.15, 0.2) is 42.6 Å². The number of aromatic nitrogens is 1. The maximum absolute atomic E-state index is 12.9. The molecule has 3 rings (SSSR count). The first-order valence-electron chi connectivity index (χ1n) is 9.10. The van der Waals surface area contributed by atoms with Gasteiger partial charge in [-0.2, -0.15) is 5.26 Å². The normalized spacial score (nSPS) is 15.0. The number of ether oxygens (including phenoxy) is 2. The summed E-state index contributed by atoms with van der Waals surface area (Å²) in [4.78, 5) is 17.0. The summed E-state index contributed by atoms with van der Waals surface area (Å²) in [6, 6.07) is 13.2. The molecule has 0 saturated heterocycles. The van der Waals surface area contributed by atoms with E-state index in [0.717, 1.165) is 37.0 Å². The Morgan fingerprint density at radius 2 is 2.00 bits per heavy atom. The largest absolute Gasteiger partial charge is 0.497 e. The molecule has 1 aromatic carbocycles. The maximum Gasteiger partial charge on any atom is 0.316 e. The third-order valence-corrected chi connectivity index (χ3v) is 5.05. The minimum Gasteiger partial charge on any atom is -0.497 e. The average Bonchev–Trinajstić information content (AvgIpc) is 3.22. The van der Waals surface area contributed by atoms with Crippen LogP contribution in [0.4, 0.5) is 5.82 Å². The van der Waals surface area contributed by atoms with Gasteiger partial charge in [0.25, 0.3) is 0 Å². The smallest absolute Gasteiger partial charge is 0.316 e. The molecule has 1 aliphatic rings. The van der Waals surface area contributed by atoms with Gasteiger partial charge in [0.1, 0.15) is 24.2 Å². The lowest BCUT2D eigenvalue weighted by Gasteiger charge is -2.27. The summed E-state index contributed by atoms with van der Waals surface area (Å²) < 4.78 is 10.8. The van der Waals surface area contributed by atoms with Crippen molar-refractivity contribution in [3.05, 3.63) is 53.7 Å². The van der Waals surface area contributed by atoms with Gasteiger partial charge in [-0.3, -0.25) is 4.79 Å². The molecule has 1 heterocycles. The van der Waals surface area contributed by atoms with Crippen LogP contribution in [0.25, 0.3) is 0 Å². The molecule has 0 radical (unpaired) electrons. The van der Waals surface area contributed by atoms with Crippen LogP contribution in [0.5, 0.6) is 5.75 Å². The number of nitrogens with one attached hydrogen (secondary N) is 1. The maximum atomic E-state index is 12.9. The highest BCUT2D eigenvalue weighted by molar-refractivity contribution is 5.83. The molecule has 2 aromatic rings. The van der Waals surface area contributed by atoms with Crippen molar-refractivity contribution in [2.45, 2.75) is 31.1 Å². The van der Waals surface area contributed by atoms with Crippen LogP contribution in [-0.2, 0) is 14.9 Å². The van der Waals surface area contributed by atoms with Crippen LogP contribution < -0.4 is 10.1 Å². The molecule has 1 saturated carbocycles. The molecule has 0 spiro atoms. The second-order valence-corrected chi connectivity index (χ2v) is 6.59. The first-order valence-corrected chi connectivity index (χ1v) is 9.10. The van der Waals surface area contributed by atoms with Crippen LogP contribution in [0, 0.1) is 11.3 Å². The van der Waals surface area contributed by atoms with Crippen molar-refractivity contribution in [2.75, 3.05) is 25.6 Å². The number of nitriles is 1. The minimum atomic E-state index is -0.574. The van der Waals surface area contributed by atoms with Crippen molar-refractivity contribution >= 4 is 11.8 Å². The van der Waals surface area contributed by atoms with Crippen LogP contribution in [0.1, 0.15) is 36.8 Å². The number of anilines is 1. The first kappa shape index (κ1) is 18.7. The van der Waals surface area contributed by atoms with Gasteiger partial charge in [-0.25, -0.2) is 4.98 Å². The number of benzene rings is 1. The van der Waals surface area contributed by atoms with Gasteiger partial charge in [-0.05, 0) is 42.7 Å². The number of nitrogens with zero attached hydrogens (tertiary/aromatic N) is 2. The summed E-state index contributed by atoms with van der Waals surface area (Å²) in [5, 5.41) is 12.1. The SMILES string of the molecule is COc1ccc(C2(C(=O)OCCNc3ncccc3C#N)CCCC2)cc1. The fourth-order valence-corrected chi connectivity index (χ4v) is 3.59. The molecule has 140 valence electrons. The summed E-state index contributed by atoms with van der Waals surface area (Å²) in [5.74, 6) is 1.09. The number of pyridine rings is 1. The van der Waals surface area contributed by atoms with Gasteiger partial charge in [-0.1, -0.05) is 25.0 Å². The van der Waals surface area contributed by atoms with Crippen LogP contribution in [0.3, 0.4) is 0 Å². The van der Waals surface area contributed by atoms with Crippen molar-refractivity contribution in [1.29, 1.82) is 5.26 Å². The minimum absolute atomic E-state index is 0.187. The van der Waals surface area contributed by atoms with Gasteiger partial charge in [0.05, 0.1) is 24.6 Å². The van der Waals surface area contributed by atoms with E-state index < -0.39 is 5.41 Å². The quantitative estimate of drug-likeness (QED) is 0.598. The number of carbonyl (C=O) groups is 1. The Balaban J connectivity index is 1.61. The van der Waals surface area contributed by atoms with Crippen molar-refractivity contribution < 1.29 is 14.3 Å². The van der Waals surface area contributed by atoms with Crippen LogP contribution >= 0.6 is 0 Å². The van der Waals surface area contributed by atoms with E-state index in [1.165, 1.54) is 0 Å². The second kappa shape index (κ2) is 8.54. The Bertz CT molecular complexity index is 821. The van der Waals surface area contributed by atoms with Gasteiger partial charge in [-0.15, -0.1) is 0 Å². The Morgan fingerprint density at radius 1 is 1.26 bits per heavy atom. The zero-order chi connectivity index (χ0) is 19.1. The monoisotopic (exact) mass is 365 g/mol. The summed E-state index contributed by atoms with van der Waals surface area (Å²) >= 11 is 0. The molecule has 1 aromatic heterocycles. The molecule has 1 aliphatic carbocycles. The Hall–Kier alpha value is -3.07. The van der Waals surface area contributed by atoms with Gasteiger partial charge in [0.2, 0.25) is 0 Å².